The van der Waals surface area contributed by atoms with Gasteiger partial charge in [0.05, 0.1) is 6.04 Å². The highest BCUT2D eigenvalue weighted by Crippen LogP contribution is 2.28. The Balaban J connectivity index is 2.10. The van der Waals surface area contributed by atoms with Crippen molar-refractivity contribution < 1.29 is 0 Å². The van der Waals surface area contributed by atoms with Crippen LogP contribution >= 0.6 is 11.6 Å². The molecule has 4 heteroatoms. The van der Waals surface area contributed by atoms with Gasteiger partial charge in [-0.3, -0.25) is 9.88 Å². The number of aromatic nitrogens is 1. The molecule has 0 saturated heterocycles. The summed E-state index contributed by atoms with van der Waals surface area (Å²) in [6.45, 7) is 2.90. The summed E-state index contributed by atoms with van der Waals surface area (Å²) in [6, 6.07) is 14.0. The maximum atomic E-state index is 6.33. The van der Waals surface area contributed by atoms with Crippen molar-refractivity contribution in [2.75, 3.05) is 13.6 Å². The Labute approximate surface area is 131 Å². The molecule has 1 aromatic carbocycles. The second-order valence-corrected chi connectivity index (χ2v) is 5.78. The van der Waals surface area contributed by atoms with Gasteiger partial charge in [-0.2, -0.15) is 0 Å². The molecule has 0 aliphatic heterocycles. The Kier molecular flexibility index (Phi) is 5.74. The highest BCUT2D eigenvalue weighted by molar-refractivity contribution is 6.31. The summed E-state index contributed by atoms with van der Waals surface area (Å²) in [4.78, 5) is 6.61. The minimum atomic E-state index is -0.00127. The lowest BCUT2D eigenvalue weighted by Gasteiger charge is -2.32. The molecule has 2 N–H and O–H groups in total. The van der Waals surface area contributed by atoms with Crippen molar-refractivity contribution in [3.05, 3.63) is 64.9 Å². The molecule has 0 bridgehead atoms. The summed E-state index contributed by atoms with van der Waals surface area (Å²) in [5.74, 6) is 0. The third kappa shape index (κ3) is 4.27. The number of hydrogen-bond donors (Lipinski definition) is 1. The number of nitrogens with zero attached hydrogens (tertiary/aromatic N) is 2. The van der Waals surface area contributed by atoms with E-state index in [0.717, 1.165) is 29.2 Å². The molecular weight excluding hydrogens is 282 g/mol. The lowest BCUT2D eigenvalue weighted by molar-refractivity contribution is 0.221. The first-order chi connectivity index (χ1) is 10.1. The molecule has 3 nitrogen and oxygen atoms in total. The summed E-state index contributed by atoms with van der Waals surface area (Å²) in [5, 5.41) is 0.768. The predicted octanol–water partition coefficient (Wildman–Crippen LogP) is 3.30. The molecule has 21 heavy (non-hydrogen) atoms. The molecule has 0 saturated carbocycles. The normalized spacial score (nSPS) is 14.1. The van der Waals surface area contributed by atoms with Crippen LogP contribution in [0.2, 0.25) is 5.02 Å². The van der Waals surface area contributed by atoms with E-state index in [-0.39, 0.29) is 12.1 Å². The van der Waals surface area contributed by atoms with Crippen LogP contribution in [-0.4, -0.2) is 29.5 Å². The number of pyridine rings is 1. The number of hydrogen-bond acceptors (Lipinski definition) is 3. The van der Waals surface area contributed by atoms with Gasteiger partial charge in [0.15, 0.2) is 0 Å². The van der Waals surface area contributed by atoms with Gasteiger partial charge in [0, 0.05) is 35.9 Å². The van der Waals surface area contributed by atoms with Gasteiger partial charge in [0.1, 0.15) is 0 Å². The van der Waals surface area contributed by atoms with E-state index in [1.807, 2.05) is 55.6 Å². The minimum Gasteiger partial charge on any atom is -0.326 e. The summed E-state index contributed by atoms with van der Waals surface area (Å²) < 4.78 is 0. The summed E-state index contributed by atoms with van der Waals surface area (Å²) >= 11 is 6.33. The van der Waals surface area contributed by atoms with E-state index in [9.17, 15) is 0 Å². The Morgan fingerprint density at radius 3 is 2.52 bits per heavy atom. The zero-order valence-electron chi connectivity index (χ0n) is 12.5. The first-order valence-corrected chi connectivity index (χ1v) is 7.57. The molecule has 112 valence electrons. The Morgan fingerprint density at radius 2 is 1.90 bits per heavy atom. The first kappa shape index (κ1) is 16.0. The standard InChI is InChI=1S/C17H22ClN3/c1-13(19)17(15-8-3-4-9-16(15)18)21(2)12-10-14-7-5-6-11-20-14/h3-9,11,13,17H,10,12,19H2,1-2H3. The van der Waals surface area contributed by atoms with Crippen LogP contribution in [0, 0.1) is 0 Å². The molecule has 0 spiro atoms. The molecule has 2 atom stereocenters. The molecule has 0 amide bonds. The number of rotatable bonds is 6. The third-order valence-electron chi connectivity index (χ3n) is 3.64. The third-order valence-corrected chi connectivity index (χ3v) is 3.99. The van der Waals surface area contributed by atoms with Gasteiger partial charge < -0.3 is 5.73 Å². The average molecular weight is 304 g/mol. The Morgan fingerprint density at radius 1 is 1.19 bits per heavy atom. The lowest BCUT2D eigenvalue weighted by atomic mass is 9.99. The van der Waals surface area contributed by atoms with Crippen molar-refractivity contribution in [3.63, 3.8) is 0 Å². The maximum Gasteiger partial charge on any atom is 0.0508 e. The Hall–Kier alpha value is -1.42. The molecular formula is C17H22ClN3. The summed E-state index contributed by atoms with van der Waals surface area (Å²) in [7, 11) is 2.08. The lowest BCUT2D eigenvalue weighted by Crippen LogP contribution is -2.38. The van der Waals surface area contributed by atoms with Crippen molar-refractivity contribution in [2.24, 2.45) is 5.73 Å². The quantitative estimate of drug-likeness (QED) is 0.890. The highest BCUT2D eigenvalue weighted by Gasteiger charge is 2.23. The van der Waals surface area contributed by atoms with Gasteiger partial charge in [-0.1, -0.05) is 35.9 Å². The van der Waals surface area contributed by atoms with Crippen molar-refractivity contribution in [1.29, 1.82) is 0 Å². The van der Waals surface area contributed by atoms with Crippen LogP contribution in [0.5, 0.6) is 0 Å². The monoisotopic (exact) mass is 303 g/mol. The van der Waals surface area contributed by atoms with E-state index in [0.29, 0.717) is 0 Å². The van der Waals surface area contributed by atoms with Crippen LogP contribution in [0.25, 0.3) is 0 Å². The van der Waals surface area contributed by atoms with Crippen LogP contribution in [0.15, 0.2) is 48.7 Å². The van der Waals surface area contributed by atoms with Gasteiger partial charge in [0.25, 0.3) is 0 Å². The van der Waals surface area contributed by atoms with Crippen molar-refractivity contribution in [3.8, 4) is 0 Å². The summed E-state index contributed by atoms with van der Waals surface area (Å²) in [6.07, 6.45) is 2.72. The topological polar surface area (TPSA) is 42.1 Å². The minimum absolute atomic E-state index is 0.00127. The van der Waals surface area contributed by atoms with Crippen molar-refractivity contribution >= 4 is 11.6 Å². The fourth-order valence-corrected chi connectivity index (χ4v) is 2.86. The molecule has 2 aromatic rings. The van der Waals surface area contributed by atoms with Gasteiger partial charge in [-0.15, -0.1) is 0 Å². The Bertz CT molecular complexity index is 557. The zero-order valence-corrected chi connectivity index (χ0v) is 13.3. The predicted molar refractivity (Wildman–Crippen MR) is 88.4 cm³/mol. The van der Waals surface area contributed by atoms with Gasteiger partial charge in [0.2, 0.25) is 0 Å². The van der Waals surface area contributed by atoms with Crippen LogP contribution in [0.3, 0.4) is 0 Å². The number of likely N-dealkylation sites (N-methyl/N-ethyl adjacent to an activating group) is 1. The smallest absolute Gasteiger partial charge is 0.0508 e. The van der Waals surface area contributed by atoms with Crippen LogP contribution in [0.4, 0.5) is 0 Å². The number of nitrogens with two attached hydrogens (primary N) is 1. The highest BCUT2D eigenvalue weighted by atomic mass is 35.5. The number of benzene rings is 1. The molecule has 2 rings (SSSR count). The van der Waals surface area contributed by atoms with Crippen LogP contribution < -0.4 is 5.73 Å². The largest absolute Gasteiger partial charge is 0.326 e. The van der Waals surface area contributed by atoms with E-state index in [4.69, 9.17) is 17.3 Å². The zero-order chi connectivity index (χ0) is 15.2. The van der Waals surface area contributed by atoms with Gasteiger partial charge >= 0.3 is 0 Å². The molecule has 2 unspecified atom stereocenters. The van der Waals surface area contributed by atoms with Gasteiger partial charge in [-0.25, -0.2) is 0 Å². The molecule has 0 aliphatic carbocycles. The number of halogens is 1. The SMILES string of the molecule is CC(N)C(c1ccccc1Cl)N(C)CCc1ccccn1. The molecule has 1 aromatic heterocycles. The molecule has 0 fully saturated rings. The van der Waals surface area contributed by atoms with E-state index >= 15 is 0 Å². The first-order valence-electron chi connectivity index (χ1n) is 7.19. The van der Waals surface area contributed by atoms with Crippen LogP contribution in [-0.2, 0) is 6.42 Å². The summed E-state index contributed by atoms with van der Waals surface area (Å²) in [5.41, 5.74) is 8.36. The fourth-order valence-electron chi connectivity index (χ4n) is 2.61. The van der Waals surface area contributed by atoms with Crippen molar-refractivity contribution in [1.82, 2.24) is 9.88 Å². The van der Waals surface area contributed by atoms with E-state index in [1.54, 1.807) is 0 Å². The van der Waals surface area contributed by atoms with Crippen LogP contribution in [0.1, 0.15) is 24.2 Å². The fraction of sp³-hybridized carbons (Fsp3) is 0.353. The maximum absolute atomic E-state index is 6.33. The molecule has 1 heterocycles. The van der Waals surface area contributed by atoms with Crippen molar-refractivity contribution in [2.45, 2.75) is 25.4 Å². The van der Waals surface area contributed by atoms with E-state index < -0.39 is 0 Å². The van der Waals surface area contributed by atoms with Gasteiger partial charge in [-0.05, 0) is 37.7 Å². The van der Waals surface area contributed by atoms with E-state index in [2.05, 4.69) is 16.9 Å². The second kappa shape index (κ2) is 7.55. The van der Waals surface area contributed by atoms with E-state index in [1.165, 1.54) is 0 Å². The average Bonchev–Trinajstić information content (AvgIpc) is 2.48. The molecule has 0 aliphatic rings. The molecule has 0 radical (unpaired) electrons. The second-order valence-electron chi connectivity index (χ2n) is 5.38.